The fourth-order valence-electron chi connectivity index (χ4n) is 4.49. The third-order valence-corrected chi connectivity index (χ3v) is 6.46. The molecule has 6 heteroatoms. The third kappa shape index (κ3) is 5.20. The summed E-state index contributed by atoms with van der Waals surface area (Å²) in [5.41, 5.74) is 1.64. The Morgan fingerprint density at radius 2 is 1.87 bits per heavy atom. The van der Waals surface area contributed by atoms with Gasteiger partial charge in [0.2, 0.25) is 0 Å². The van der Waals surface area contributed by atoms with Crippen LogP contribution in [-0.4, -0.2) is 54.1 Å². The first-order chi connectivity index (χ1) is 14.6. The van der Waals surface area contributed by atoms with Crippen LogP contribution >= 0.6 is 11.6 Å². The highest BCUT2D eigenvalue weighted by Crippen LogP contribution is 2.26. The van der Waals surface area contributed by atoms with Crippen molar-refractivity contribution in [2.24, 2.45) is 0 Å². The smallest absolute Gasteiger partial charge is 0.254 e. The van der Waals surface area contributed by atoms with E-state index in [2.05, 4.69) is 11.0 Å². The van der Waals surface area contributed by atoms with E-state index in [0.717, 1.165) is 55.9 Å². The van der Waals surface area contributed by atoms with Crippen LogP contribution in [0.1, 0.15) is 41.6 Å². The average Bonchev–Trinajstić information content (AvgIpc) is 3.29. The van der Waals surface area contributed by atoms with Gasteiger partial charge in [0.1, 0.15) is 5.82 Å². The van der Waals surface area contributed by atoms with E-state index in [1.165, 1.54) is 12.1 Å². The van der Waals surface area contributed by atoms with Gasteiger partial charge in [0.05, 0.1) is 12.7 Å². The van der Waals surface area contributed by atoms with Gasteiger partial charge in [-0.05, 0) is 48.7 Å². The molecule has 1 aliphatic heterocycles. The Morgan fingerprint density at radius 3 is 2.60 bits per heavy atom. The van der Waals surface area contributed by atoms with Crippen molar-refractivity contribution in [1.82, 2.24) is 9.80 Å². The van der Waals surface area contributed by atoms with Crippen molar-refractivity contribution < 1.29 is 13.9 Å². The SMILES string of the molecule is O=C(c1ccc(F)cc1)N(C[C@@H]1CN(Cc2ccccc2Cl)CCO1)C1CCCC1. The fourth-order valence-corrected chi connectivity index (χ4v) is 4.69. The summed E-state index contributed by atoms with van der Waals surface area (Å²) in [7, 11) is 0. The topological polar surface area (TPSA) is 32.8 Å². The highest BCUT2D eigenvalue weighted by atomic mass is 35.5. The maximum Gasteiger partial charge on any atom is 0.254 e. The second-order valence-corrected chi connectivity index (χ2v) is 8.63. The monoisotopic (exact) mass is 430 g/mol. The van der Waals surface area contributed by atoms with Crippen LogP contribution in [0.3, 0.4) is 0 Å². The average molecular weight is 431 g/mol. The quantitative estimate of drug-likeness (QED) is 0.662. The molecule has 2 aromatic carbocycles. The molecule has 0 N–H and O–H groups in total. The molecule has 1 amide bonds. The number of morpholine rings is 1. The lowest BCUT2D eigenvalue weighted by Gasteiger charge is -2.38. The van der Waals surface area contributed by atoms with Gasteiger partial charge in [-0.25, -0.2) is 4.39 Å². The van der Waals surface area contributed by atoms with Crippen molar-refractivity contribution in [3.05, 3.63) is 70.5 Å². The van der Waals surface area contributed by atoms with Gasteiger partial charge in [0.15, 0.2) is 0 Å². The molecule has 0 bridgehead atoms. The lowest BCUT2D eigenvalue weighted by molar-refractivity contribution is -0.0468. The van der Waals surface area contributed by atoms with Crippen molar-refractivity contribution in [3.63, 3.8) is 0 Å². The number of carbonyl (C=O) groups is 1. The van der Waals surface area contributed by atoms with Gasteiger partial charge in [0, 0.05) is 42.8 Å². The summed E-state index contributed by atoms with van der Waals surface area (Å²) in [5.74, 6) is -0.362. The van der Waals surface area contributed by atoms with E-state index in [4.69, 9.17) is 16.3 Å². The summed E-state index contributed by atoms with van der Waals surface area (Å²) in [6, 6.07) is 14.0. The normalized spacial score (nSPS) is 20.4. The number of hydrogen-bond donors (Lipinski definition) is 0. The second kappa shape index (κ2) is 9.90. The van der Waals surface area contributed by atoms with Gasteiger partial charge in [-0.3, -0.25) is 9.69 Å². The van der Waals surface area contributed by atoms with Crippen molar-refractivity contribution >= 4 is 17.5 Å². The molecule has 1 saturated carbocycles. The number of ether oxygens (including phenoxy) is 1. The molecule has 1 saturated heterocycles. The van der Waals surface area contributed by atoms with Gasteiger partial charge in [-0.1, -0.05) is 42.6 Å². The maximum atomic E-state index is 13.3. The molecular weight excluding hydrogens is 403 g/mol. The minimum Gasteiger partial charge on any atom is -0.374 e. The molecule has 2 aromatic rings. The number of amides is 1. The lowest BCUT2D eigenvalue weighted by Crippen LogP contribution is -2.50. The molecule has 1 heterocycles. The van der Waals surface area contributed by atoms with E-state index in [1.54, 1.807) is 12.1 Å². The Bertz CT molecular complexity index is 855. The van der Waals surface area contributed by atoms with Gasteiger partial charge >= 0.3 is 0 Å². The molecule has 2 aliphatic rings. The van der Waals surface area contributed by atoms with Crippen LogP contribution in [0.5, 0.6) is 0 Å². The Labute approximate surface area is 182 Å². The number of halogens is 2. The van der Waals surface area contributed by atoms with Crippen LogP contribution in [0, 0.1) is 5.82 Å². The van der Waals surface area contributed by atoms with Crippen molar-refractivity contribution in [1.29, 1.82) is 0 Å². The molecule has 2 fully saturated rings. The number of rotatable bonds is 6. The Hall–Kier alpha value is -1.95. The first kappa shape index (κ1) is 21.3. The Balaban J connectivity index is 1.44. The highest BCUT2D eigenvalue weighted by molar-refractivity contribution is 6.31. The first-order valence-electron chi connectivity index (χ1n) is 10.7. The summed E-state index contributed by atoms with van der Waals surface area (Å²) in [5, 5.41) is 0.777. The number of carbonyl (C=O) groups excluding carboxylic acids is 1. The van der Waals surface area contributed by atoms with Crippen LogP contribution in [-0.2, 0) is 11.3 Å². The molecule has 0 radical (unpaired) electrons. The summed E-state index contributed by atoms with van der Waals surface area (Å²) in [6.45, 7) is 3.56. The van der Waals surface area contributed by atoms with Crippen LogP contribution in [0.2, 0.25) is 5.02 Å². The van der Waals surface area contributed by atoms with E-state index < -0.39 is 0 Å². The zero-order valence-corrected chi connectivity index (χ0v) is 17.9. The van der Waals surface area contributed by atoms with Crippen LogP contribution in [0.15, 0.2) is 48.5 Å². The van der Waals surface area contributed by atoms with Crippen LogP contribution in [0.25, 0.3) is 0 Å². The zero-order valence-electron chi connectivity index (χ0n) is 17.1. The van der Waals surface area contributed by atoms with Gasteiger partial charge in [0.25, 0.3) is 5.91 Å². The number of hydrogen-bond acceptors (Lipinski definition) is 3. The molecule has 1 aliphatic carbocycles. The van der Waals surface area contributed by atoms with E-state index >= 15 is 0 Å². The van der Waals surface area contributed by atoms with Gasteiger partial charge < -0.3 is 9.64 Å². The van der Waals surface area contributed by atoms with Crippen LogP contribution in [0.4, 0.5) is 4.39 Å². The predicted octanol–water partition coefficient (Wildman–Crippen LogP) is 4.76. The molecular formula is C24H28ClFN2O2. The minimum atomic E-state index is -0.329. The van der Waals surface area contributed by atoms with Crippen molar-refractivity contribution in [3.8, 4) is 0 Å². The molecule has 4 rings (SSSR count). The van der Waals surface area contributed by atoms with Crippen molar-refractivity contribution in [2.45, 2.75) is 44.4 Å². The van der Waals surface area contributed by atoms with Crippen molar-refractivity contribution in [2.75, 3.05) is 26.2 Å². The maximum absolute atomic E-state index is 13.3. The summed E-state index contributed by atoms with van der Waals surface area (Å²) in [4.78, 5) is 17.6. The number of benzene rings is 2. The zero-order chi connectivity index (χ0) is 20.9. The standard InChI is InChI=1S/C24H28ClFN2O2/c25-23-8-4-1-5-19(23)15-27-13-14-30-22(16-27)17-28(21-6-2-3-7-21)24(29)18-9-11-20(26)12-10-18/h1,4-5,8-12,21-22H,2-3,6-7,13-17H2/t22-/m0/s1. The molecule has 30 heavy (non-hydrogen) atoms. The molecule has 0 aromatic heterocycles. The Morgan fingerprint density at radius 1 is 1.13 bits per heavy atom. The molecule has 0 unspecified atom stereocenters. The second-order valence-electron chi connectivity index (χ2n) is 8.22. The molecule has 1 atom stereocenters. The fraction of sp³-hybridized carbons (Fsp3) is 0.458. The van der Waals surface area contributed by atoms with E-state index in [1.807, 2.05) is 23.1 Å². The predicted molar refractivity (Wildman–Crippen MR) is 116 cm³/mol. The third-order valence-electron chi connectivity index (χ3n) is 6.09. The van der Waals surface area contributed by atoms with E-state index in [-0.39, 0.29) is 23.9 Å². The first-order valence-corrected chi connectivity index (χ1v) is 11.1. The highest BCUT2D eigenvalue weighted by Gasteiger charge is 2.31. The van der Waals surface area contributed by atoms with E-state index in [9.17, 15) is 9.18 Å². The number of nitrogens with zero attached hydrogens (tertiary/aromatic N) is 2. The molecule has 4 nitrogen and oxygen atoms in total. The van der Waals surface area contributed by atoms with Gasteiger partial charge in [-0.15, -0.1) is 0 Å². The summed E-state index contributed by atoms with van der Waals surface area (Å²) in [6.07, 6.45) is 4.27. The largest absolute Gasteiger partial charge is 0.374 e. The summed E-state index contributed by atoms with van der Waals surface area (Å²) >= 11 is 6.33. The lowest BCUT2D eigenvalue weighted by atomic mass is 10.1. The van der Waals surface area contributed by atoms with Gasteiger partial charge in [-0.2, -0.15) is 0 Å². The minimum absolute atomic E-state index is 0.0336. The van der Waals surface area contributed by atoms with Crippen LogP contribution < -0.4 is 0 Å². The Kier molecular flexibility index (Phi) is 7.03. The summed E-state index contributed by atoms with van der Waals surface area (Å²) < 4.78 is 19.4. The molecule has 0 spiro atoms. The molecule has 160 valence electrons. The van der Waals surface area contributed by atoms with E-state index in [0.29, 0.717) is 18.7 Å².